The quantitative estimate of drug-likeness (QED) is 0.157. The summed E-state index contributed by atoms with van der Waals surface area (Å²) in [5.41, 5.74) is 15.1. The number of fused-ring (bicyclic) bond motifs is 7. The molecule has 3 nitrogen and oxygen atoms in total. The summed E-state index contributed by atoms with van der Waals surface area (Å²) >= 11 is 0. The van der Waals surface area contributed by atoms with E-state index in [4.69, 9.17) is 0 Å². The highest BCUT2D eigenvalue weighted by molar-refractivity contribution is 6.12. The first kappa shape index (κ1) is 34.9. The predicted octanol–water partition coefficient (Wildman–Crippen LogP) is 15.8. The molecule has 10 aromatic carbocycles. The zero-order chi connectivity index (χ0) is 40.3. The summed E-state index contributed by atoms with van der Waals surface area (Å²) in [6.45, 7) is 0. The number of para-hydroxylation sites is 3. The number of rotatable bonds is 7. The molecule has 0 saturated heterocycles. The Morgan fingerprint density at radius 1 is 0.262 bits per heavy atom. The van der Waals surface area contributed by atoms with Crippen LogP contribution in [0.4, 0.5) is 17.1 Å². The van der Waals surface area contributed by atoms with Crippen LogP contribution in [-0.2, 0) is 0 Å². The fourth-order valence-electron chi connectivity index (χ4n) is 9.47. The maximum atomic E-state index is 2.45. The highest BCUT2D eigenvalue weighted by Crippen LogP contribution is 2.42. The first-order valence-corrected chi connectivity index (χ1v) is 20.9. The minimum absolute atomic E-state index is 1.09. The van der Waals surface area contributed by atoms with Crippen molar-refractivity contribution in [3.05, 3.63) is 237 Å². The van der Waals surface area contributed by atoms with Crippen LogP contribution in [-0.4, -0.2) is 9.13 Å². The van der Waals surface area contributed by atoms with Crippen molar-refractivity contribution in [3.63, 3.8) is 0 Å². The molecule has 0 aliphatic carbocycles. The van der Waals surface area contributed by atoms with Gasteiger partial charge in [0.1, 0.15) is 0 Å². The molecule has 0 saturated carbocycles. The van der Waals surface area contributed by atoms with E-state index in [2.05, 4.69) is 251 Å². The highest BCUT2D eigenvalue weighted by atomic mass is 15.1. The number of aromatic nitrogens is 2. The average Bonchev–Trinajstić information content (AvgIpc) is 3.85. The molecule has 0 amide bonds. The molecule has 2 aromatic heterocycles. The Balaban J connectivity index is 1.01. The first-order valence-electron chi connectivity index (χ1n) is 20.9. The molecule has 0 radical (unpaired) electrons. The van der Waals surface area contributed by atoms with Crippen molar-refractivity contribution in [2.24, 2.45) is 0 Å². The smallest absolute Gasteiger partial charge is 0.0562 e. The summed E-state index contributed by atoms with van der Waals surface area (Å²) in [4.78, 5) is 2.40. The number of hydrogen-bond acceptors (Lipinski definition) is 1. The summed E-state index contributed by atoms with van der Waals surface area (Å²) in [6.07, 6.45) is 0. The number of anilines is 3. The molecular formula is C58H39N3. The summed E-state index contributed by atoms with van der Waals surface area (Å²) in [7, 11) is 0. The molecule has 0 fully saturated rings. The first-order chi connectivity index (χ1) is 30.3. The summed E-state index contributed by atoms with van der Waals surface area (Å²) in [6, 6.07) is 85.9. The molecule has 0 N–H and O–H groups in total. The normalized spacial score (nSPS) is 11.6. The van der Waals surface area contributed by atoms with Gasteiger partial charge in [0, 0.05) is 49.7 Å². The largest absolute Gasteiger partial charge is 0.310 e. The van der Waals surface area contributed by atoms with E-state index >= 15 is 0 Å². The number of hydrogen-bond donors (Lipinski definition) is 0. The fourth-order valence-corrected chi connectivity index (χ4v) is 9.47. The van der Waals surface area contributed by atoms with Crippen LogP contribution < -0.4 is 4.90 Å². The van der Waals surface area contributed by atoms with Gasteiger partial charge in [-0.15, -0.1) is 0 Å². The Labute approximate surface area is 354 Å². The minimum atomic E-state index is 1.09. The van der Waals surface area contributed by atoms with Crippen LogP contribution in [0.1, 0.15) is 0 Å². The topological polar surface area (TPSA) is 13.1 Å². The van der Waals surface area contributed by atoms with Crippen LogP contribution in [0.25, 0.3) is 88.0 Å². The molecule has 0 aliphatic heterocycles. The summed E-state index contributed by atoms with van der Waals surface area (Å²) in [5.74, 6) is 0. The lowest BCUT2D eigenvalue weighted by Crippen LogP contribution is -2.10. The molecule has 286 valence electrons. The van der Waals surface area contributed by atoms with Crippen molar-refractivity contribution in [1.82, 2.24) is 9.13 Å². The Kier molecular flexibility index (Phi) is 8.17. The van der Waals surface area contributed by atoms with Crippen LogP contribution in [0, 0.1) is 0 Å². The lowest BCUT2D eigenvalue weighted by Gasteiger charge is -2.26. The molecular weight excluding hydrogens is 739 g/mol. The van der Waals surface area contributed by atoms with Crippen LogP contribution >= 0.6 is 0 Å². The third-order valence-corrected chi connectivity index (χ3v) is 12.3. The van der Waals surface area contributed by atoms with E-state index < -0.39 is 0 Å². The van der Waals surface area contributed by atoms with Crippen LogP contribution in [0.5, 0.6) is 0 Å². The number of nitrogens with zero attached hydrogens (tertiary/aromatic N) is 3. The van der Waals surface area contributed by atoms with E-state index in [1.54, 1.807) is 0 Å². The van der Waals surface area contributed by atoms with Gasteiger partial charge >= 0.3 is 0 Å². The Bertz CT molecular complexity index is 3520. The molecule has 2 heterocycles. The van der Waals surface area contributed by atoms with Crippen molar-refractivity contribution < 1.29 is 0 Å². The zero-order valence-corrected chi connectivity index (χ0v) is 33.4. The lowest BCUT2D eigenvalue weighted by atomic mass is 10.0. The number of benzene rings is 10. The van der Waals surface area contributed by atoms with Crippen LogP contribution in [0.2, 0.25) is 0 Å². The minimum Gasteiger partial charge on any atom is -0.310 e. The van der Waals surface area contributed by atoms with Gasteiger partial charge in [0.15, 0.2) is 0 Å². The van der Waals surface area contributed by atoms with Gasteiger partial charge in [0.25, 0.3) is 0 Å². The fraction of sp³-hybridized carbons (Fsp3) is 0. The maximum absolute atomic E-state index is 2.45. The van der Waals surface area contributed by atoms with E-state index in [0.717, 1.165) is 39.4 Å². The van der Waals surface area contributed by atoms with E-state index in [-0.39, 0.29) is 0 Å². The summed E-state index contributed by atoms with van der Waals surface area (Å²) < 4.78 is 4.82. The van der Waals surface area contributed by atoms with Gasteiger partial charge in [-0.3, -0.25) is 0 Å². The molecule has 3 heteroatoms. The molecule has 0 atom stereocenters. The van der Waals surface area contributed by atoms with Crippen LogP contribution in [0.3, 0.4) is 0 Å². The highest BCUT2D eigenvalue weighted by Gasteiger charge is 2.19. The second-order valence-electron chi connectivity index (χ2n) is 15.8. The maximum Gasteiger partial charge on any atom is 0.0562 e. The van der Waals surface area contributed by atoms with Crippen molar-refractivity contribution in [2.75, 3.05) is 4.90 Å². The molecule has 61 heavy (non-hydrogen) atoms. The van der Waals surface area contributed by atoms with Gasteiger partial charge in [-0.1, -0.05) is 164 Å². The SMILES string of the molecule is c1ccc(-c2ccc(N(c3cccc(-c4ccc(-n5c6ccccc6c6ccccc65)cc4)c3)c3ccc4c5ccccc5n(-c5cccc6ccccc56)c4c3)cc2)cc1. The summed E-state index contributed by atoms with van der Waals surface area (Å²) in [5, 5.41) is 7.45. The second-order valence-corrected chi connectivity index (χ2v) is 15.8. The van der Waals surface area contributed by atoms with Crippen molar-refractivity contribution in [3.8, 4) is 33.6 Å². The van der Waals surface area contributed by atoms with E-state index in [1.807, 2.05) is 0 Å². The van der Waals surface area contributed by atoms with Gasteiger partial charge in [0.05, 0.1) is 27.8 Å². The second kappa shape index (κ2) is 14.3. The van der Waals surface area contributed by atoms with E-state index in [9.17, 15) is 0 Å². The predicted molar refractivity (Wildman–Crippen MR) is 258 cm³/mol. The van der Waals surface area contributed by atoms with Gasteiger partial charge in [-0.2, -0.15) is 0 Å². The van der Waals surface area contributed by atoms with Gasteiger partial charge in [0.2, 0.25) is 0 Å². The standard InChI is InChI=1S/C58H39N3/c1-2-14-40(15-3-1)41-28-32-45(33-29-41)59(48-36-37-53-52-23-8-11-26-57(52)61(58(53)39-48)54-27-13-17-43-16-4-5-20-49(43)54)47-19-12-18-44(38-47)42-30-34-46(35-31-42)60-55-24-9-6-21-50(55)51-22-7-10-25-56(51)60/h1-39H. The lowest BCUT2D eigenvalue weighted by molar-refractivity contribution is 1.18. The Hall–Kier alpha value is -8.14. The Morgan fingerprint density at radius 3 is 1.44 bits per heavy atom. The third-order valence-electron chi connectivity index (χ3n) is 12.3. The zero-order valence-electron chi connectivity index (χ0n) is 33.4. The van der Waals surface area contributed by atoms with Gasteiger partial charge < -0.3 is 14.0 Å². The molecule has 12 aromatic rings. The van der Waals surface area contributed by atoms with Gasteiger partial charge in [-0.25, -0.2) is 0 Å². The van der Waals surface area contributed by atoms with Crippen LogP contribution in [0.15, 0.2) is 237 Å². The van der Waals surface area contributed by atoms with E-state index in [1.165, 1.54) is 65.7 Å². The van der Waals surface area contributed by atoms with Gasteiger partial charge in [-0.05, 0) is 100 Å². The average molecular weight is 778 g/mol. The molecule has 0 aliphatic rings. The third kappa shape index (κ3) is 5.82. The monoisotopic (exact) mass is 777 g/mol. The molecule has 0 unspecified atom stereocenters. The van der Waals surface area contributed by atoms with E-state index in [0.29, 0.717) is 0 Å². The van der Waals surface area contributed by atoms with Crippen molar-refractivity contribution in [1.29, 1.82) is 0 Å². The molecule has 0 bridgehead atoms. The van der Waals surface area contributed by atoms with Crippen molar-refractivity contribution in [2.45, 2.75) is 0 Å². The molecule has 0 spiro atoms. The Morgan fingerprint density at radius 2 is 0.738 bits per heavy atom. The molecule has 12 rings (SSSR count). The van der Waals surface area contributed by atoms with Crippen molar-refractivity contribution >= 4 is 71.4 Å².